The maximum Gasteiger partial charge on any atom is 0.272 e. The number of carbonyl (C=O) groups excluding carboxylic acids is 1. The Morgan fingerprint density at radius 3 is 2.62 bits per heavy atom. The molecule has 6 heteroatoms. The van der Waals surface area contributed by atoms with E-state index in [4.69, 9.17) is 5.73 Å². The zero-order valence-corrected chi connectivity index (χ0v) is 9.06. The van der Waals surface area contributed by atoms with Crippen molar-refractivity contribution in [3.63, 3.8) is 0 Å². The molecule has 1 atom stereocenters. The number of nitro groups is 1. The molecule has 0 aromatic heterocycles. The highest BCUT2D eigenvalue weighted by molar-refractivity contribution is 5.82. The Labute approximate surface area is 92.6 Å². The van der Waals surface area contributed by atoms with Gasteiger partial charge in [-0.15, -0.1) is 0 Å². The van der Waals surface area contributed by atoms with Crippen molar-refractivity contribution in [1.29, 1.82) is 0 Å². The van der Waals surface area contributed by atoms with E-state index in [0.29, 0.717) is 11.3 Å². The average Bonchev–Trinajstić information content (AvgIpc) is 2.16. The molecule has 0 saturated heterocycles. The number of anilines is 1. The second-order valence-corrected chi connectivity index (χ2v) is 3.53. The fourth-order valence-corrected chi connectivity index (χ4v) is 1.27. The number of benzene rings is 1. The lowest BCUT2D eigenvalue weighted by Gasteiger charge is -2.11. The van der Waals surface area contributed by atoms with Crippen molar-refractivity contribution in [2.45, 2.75) is 19.9 Å². The Hall–Kier alpha value is -2.11. The number of nitro benzene ring substituents is 1. The highest BCUT2D eigenvalue weighted by Crippen LogP contribution is 2.21. The third kappa shape index (κ3) is 2.69. The van der Waals surface area contributed by atoms with E-state index in [0.717, 1.165) is 0 Å². The van der Waals surface area contributed by atoms with Crippen molar-refractivity contribution >= 4 is 17.3 Å². The van der Waals surface area contributed by atoms with E-state index in [-0.39, 0.29) is 5.69 Å². The lowest BCUT2D eigenvalue weighted by atomic mass is 10.1. The van der Waals surface area contributed by atoms with Crippen molar-refractivity contribution in [2.24, 2.45) is 5.73 Å². The van der Waals surface area contributed by atoms with Crippen LogP contribution in [0, 0.1) is 17.0 Å². The Balaban J connectivity index is 2.89. The first-order valence-electron chi connectivity index (χ1n) is 4.72. The molecule has 1 aromatic carbocycles. The Morgan fingerprint density at radius 2 is 2.19 bits per heavy atom. The van der Waals surface area contributed by atoms with Crippen LogP contribution in [0.15, 0.2) is 18.2 Å². The number of nitrogens with zero attached hydrogens (tertiary/aromatic N) is 1. The van der Waals surface area contributed by atoms with Crippen LogP contribution in [-0.2, 0) is 4.79 Å². The van der Waals surface area contributed by atoms with Crippen LogP contribution < -0.4 is 11.1 Å². The first-order valence-corrected chi connectivity index (χ1v) is 4.72. The molecule has 6 nitrogen and oxygen atoms in total. The van der Waals surface area contributed by atoms with E-state index in [1.807, 2.05) is 0 Å². The van der Waals surface area contributed by atoms with Crippen LogP contribution >= 0.6 is 0 Å². The van der Waals surface area contributed by atoms with Gasteiger partial charge in [0.1, 0.15) is 6.04 Å². The summed E-state index contributed by atoms with van der Waals surface area (Å²) in [5.74, 6) is -0.476. The van der Waals surface area contributed by atoms with Gasteiger partial charge in [-0.3, -0.25) is 14.9 Å². The maximum absolute atomic E-state index is 10.8. The molecular formula is C10H13N3O3. The number of amides is 1. The van der Waals surface area contributed by atoms with Crippen LogP contribution in [0.2, 0.25) is 0 Å². The summed E-state index contributed by atoms with van der Waals surface area (Å²) in [5, 5.41) is 13.4. The second-order valence-electron chi connectivity index (χ2n) is 3.53. The smallest absolute Gasteiger partial charge is 0.272 e. The van der Waals surface area contributed by atoms with Gasteiger partial charge in [-0.2, -0.15) is 0 Å². The summed E-state index contributed by atoms with van der Waals surface area (Å²) in [4.78, 5) is 20.9. The third-order valence-corrected chi connectivity index (χ3v) is 2.20. The van der Waals surface area contributed by atoms with Crippen LogP contribution in [0.3, 0.4) is 0 Å². The predicted molar refractivity (Wildman–Crippen MR) is 60.1 cm³/mol. The summed E-state index contributed by atoms with van der Waals surface area (Å²) in [7, 11) is 0. The first-order chi connectivity index (χ1) is 7.41. The van der Waals surface area contributed by atoms with Crippen LogP contribution in [0.5, 0.6) is 0 Å². The van der Waals surface area contributed by atoms with Crippen molar-refractivity contribution in [1.82, 2.24) is 0 Å². The number of nitrogens with two attached hydrogens (primary N) is 1. The molecule has 0 aliphatic rings. The van der Waals surface area contributed by atoms with Gasteiger partial charge in [-0.1, -0.05) is 0 Å². The SMILES string of the molecule is Cc1cc(NC(C)C(N)=O)ccc1[N+](=O)[O-]. The molecule has 0 fully saturated rings. The first kappa shape index (κ1) is 12.0. The quantitative estimate of drug-likeness (QED) is 0.591. The van der Waals surface area contributed by atoms with E-state index in [1.165, 1.54) is 6.07 Å². The van der Waals surface area contributed by atoms with Crippen LogP contribution in [0.25, 0.3) is 0 Å². The van der Waals surface area contributed by atoms with Gasteiger partial charge in [0.25, 0.3) is 5.69 Å². The van der Waals surface area contributed by atoms with Crippen molar-refractivity contribution in [2.75, 3.05) is 5.32 Å². The van der Waals surface area contributed by atoms with E-state index in [9.17, 15) is 14.9 Å². The minimum Gasteiger partial charge on any atom is -0.374 e. The fraction of sp³-hybridized carbons (Fsp3) is 0.300. The van der Waals surface area contributed by atoms with Crippen LogP contribution in [0.1, 0.15) is 12.5 Å². The number of nitrogens with one attached hydrogen (secondary N) is 1. The third-order valence-electron chi connectivity index (χ3n) is 2.20. The number of aryl methyl sites for hydroxylation is 1. The van der Waals surface area contributed by atoms with Gasteiger partial charge in [0.15, 0.2) is 0 Å². The molecule has 3 N–H and O–H groups in total. The molecular weight excluding hydrogens is 210 g/mol. The van der Waals surface area contributed by atoms with E-state index in [1.54, 1.807) is 26.0 Å². The van der Waals surface area contributed by atoms with Gasteiger partial charge in [-0.25, -0.2) is 0 Å². The molecule has 0 aliphatic heterocycles. The van der Waals surface area contributed by atoms with E-state index >= 15 is 0 Å². The van der Waals surface area contributed by atoms with Gasteiger partial charge in [0.2, 0.25) is 5.91 Å². The number of hydrogen-bond acceptors (Lipinski definition) is 4. The zero-order chi connectivity index (χ0) is 12.3. The van der Waals surface area contributed by atoms with E-state index < -0.39 is 16.9 Å². The Kier molecular flexibility index (Phi) is 3.44. The minimum absolute atomic E-state index is 0.0530. The lowest BCUT2D eigenvalue weighted by Crippen LogP contribution is -2.32. The Morgan fingerprint density at radius 1 is 1.56 bits per heavy atom. The number of rotatable bonds is 4. The standard InChI is InChI=1S/C10H13N3O3/c1-6-5-8(12-7(2)10(11)14)3-4-9(6)13(15)16/h3-5,7,12H,1-2H3,(H2,11,14). The summed E-state index contributed by atoms with van der Waals surface area (Å²) in [6, 6.07) is 4.04. The van der Waals surface area contributed by atoms with Gasteiger partial charge in [0, 0.05) is 17.3 Å². The van der Waals surface area contributed by atoms with Gasteiger partial charge in [-0.05, 0) is 26.0 Å². The summed E-state index contributed by atoms with van der Waals surface area (Å²) >= 11 is 0. The van der Waals surface area contributed by atoms with Crippen LogP contribution in [-0.4, -0.2) is 16.9 Å². The summed E-state index contributed by atoms with van der Waals surface area (Å²) in [6.07, 6.45) is 0. The second kappa shape index (κ2) is 4.61. The topological polar surface area (TPSA) is 98.3 Å². The molecule has 0 heterocycles. The molecule has 0 saturated carbocycles. The summed E-state index contributed by atoms with van der Waals surface area (Å²) < 4.78 is 0. The monoisotopic (exact) mass is 223 g/mol. The number of carbonyl (C=O) groups is 1. The molecule has 0 spiro atoms. The highest BCUT2D eigenvalue weighted by Gasteiger charge is 2.12. The average molecular weight is 223 g/mol. The Bertz CT molecular complexity index is 431. The highest BCUT2D eigenvalue weighted by atomic mass is 16.6. The molecule has 0 radical (unpaired) electrons. The fourth-order valence-electron chi connectivity index (χ4n) is 1.27. The van der Waals surface area contributed by atoms with Crippen molar-refractivity contribution < 1.29 is 9.72 Å². The number of hydrogen-bond donors (Lipinski definition) is 2. The molecule has 1 unspecified atom stereocenters. The molecule has 1 amide bonds. The molecule has 16 heavy (non-hydrogen) atoms. The molecule has 1 rings (SSSR count). The largest absolute Gasteiger partial charge is 0.374 e. The van der Waals surface area contributed by atoms with Gasteiger partial charge in [0.05, 0.1) is 4.92 Å². The molecule has 0 bridgehead atoms. The predicted octanol–water partition coefficient (Wildman–Crippen LogP) is 1.19. The molecule has 1 aromatic rings. The maximum atomic E-state index is 10.8. The molecule has 86 valence electrons. The van der Waals surface area contributed by atoms with E-state index in [2.05, 4.69) is 5.32 Å². The lowest BCUT2D eigenvalue weighted by molar-refractivity contribution is -0.385. The van der Waals surface area contributed by atoms with Gasteiger partial charge < -0.3 is 11.1 Å². The molecule has 0 aliphatic carbocycles. The normalized spacial score (nSPS) is 11.9. The zero-order valence-electron chi connectivity index (χ0n) is 9.06. The summed E-state index contributed by atoms with van der Waals surface area (Å²) in [6.45, 7) is 3.26. The van der Waals surface area contributed by atoms with Crippen molar-refractivity contribution in [3.8, 4) is 0 Å². The minimum atomic E-state index is -0.513. The van der Waals surface area contributed by atoms with Gasteiger partial charge >= 0.3 is 0 Å². The van der Waals surface area contributed by atoms with Crippen molar-refractivity contribution in [3.05, 3.63) is 33.9 Å². The summed E-state index contributed by atoms with van der Waals surface area (Å²) in [5.41, 5.74) is 6.31. The van der Waals surface area contributed by atoms with Crippen LogP contribution in [0.4, 0.5) is 11.4 Å². The number of primary amides is 1.